The number of rotatable bonds is 0. The largest absolute Gasteiger partial charge is 0.0506 e. The fraction of sp³-hybridized carbons (Fsp3) is 0.474. The van der Waals surface area contributed by atoms with E-state index < -0.39 is 0 Å². The molecule has 0 aromatic heterocycles. The number of fused-ring (bicyclic) bond motifs is 3. The first-order valence-corrected chi connectivity index (χ1v) is 7.53. The zero-order valence-electron chi connectivity index (χ0n) is 12.9. The van der Waals surface area contributed by atoms with Crippen molar-refractivity contribution < 1.29 is 0 Å². The summed E-state index contributed by atoms with van der Waals surface area (Å²) in [6, 6.07) is 2.48. The van der Waals surface area contributed by atoms with Crippen molar-refractivity contribution in [2.75, 3.05) is 0 Å². The van der Waals surface area contributed by atoms with E-state index in [9.17, 15) is 0 Å². The Morgan fingerprint density at radius 1 is 0.684 bits per heavy atom. The van der Waals surface area contributed by atoms with E-state index in [2.05, 4.69) is 40.7 Å². The average molecular weight is 252 g/mol. The Hall–Kier alpha value is -1.30. The van der Waals surface area contributed by atoms with Gasteiger partial charge in [-0.25, -0.2) is 0 Å². The summed E-state index contributed by atoms with van der Waals surface area (Å²) in [5.74, 6) is 0. The van der Waals surface area contributed by atoms with Crippen molar-refractivity contribution in [2.24, 2.45) is 0 Å². The lowest BCUT2D eigenvalue weighted by Gasteiger charge is -2.14. The van der Waals surface area contributed by atoms with Gasteiger partial charge in [0.25, 0.3) is 0 Å². The smallest absolute Gasteiger partial charge is 0.0114 e. The first-order chi connectivity index (χ1) is 9.02. The second-order valence-corrected chi connectivity index (χ2v) is 6.27. The summed E-state index contributed by atoms with van der Waals surface area (Å²) in [4.78, 5) is 0. The van der Waals surface area contributed by atoms with Crippen LogP contribution in [0.4, 0.5) is 0 Å². The first-order valence-electron chi connectivity index (χ1n) is 7.53. The van der Waals surface area contributed by atoms with Crippen LogP contribution in [0.5, 0.6) is 0 Å². The van der Waals surface area contributed by atoms with Crippen molar-refractivity contribution in [3.8, 4) is 11.1 Å². The summed E-state index contributed by atoms with van der Waals surface area (Å²) in [7, 11) is 0. The summed E-state index contributed by atoms with van der Waals surface area (Å²) in [5.41, 5.74) is 13.8. The lowest BCUT2D eigenvalue weighted by Crippen LogP contribution is -2.00. The fourth-order valence-electron chi connectivity index (χ4n) is 3.74. The molecule has 0 amide bonds. The van der Waals surface area contributed by atoms with E-state index in [1.165, 1.54) is 59.1 Å². The fourth-order valence-corrected chi connectivity index (χ4v) is 3.74. The van der Waals surface area contributed by atoms with Gasteiger partial charge in [0, 0.05) is 0 Å². The molecule has 3 rings (SSSR count). The molecule has 19 heavy (non-hydrogen) atoms. The third-order valence-electron chi connectivity index (χ3n) is 5.43. The molecular weight excluding hydrogens is 228 g/mol. The highest BCUT2D eigenvalue weighted by atomic mass is 14.3. The Balaban J connectivity index is 2.47. The zero-order valence-corrected chi connectivity index (χ0v) is 12.9. The van der Waals surface area contributed by atoms with E-state index in [-0.39, 0.29) is 0 Å². The molecular formula is C19H24. The van der Waals surface area contributed by atoms with Crippen LogP contribution in [0.3, 0.4) is 0 Å². The van der Waals surface area contributed by atoms with Crippen LogP contribution >= 0.6 is 0 Å². The van der Waals surface area contributed by atoms with Gasteiger partial charge in [-0.15, -0.1) is 0 Å². The van der Waals surface area contributed by atoms with Crippen LogP contribution in [-0.4, -0.2) is 0 Å². The maximum atomic E-state index is 2.48. The second kappa shape index (κ2) is 4.37. The molecule has 0 heterocycles. The summed E-state index contributed by atoms with van der Waals surface area (Å²) in [5, 5.41) is 0. The van der Waals surface area contributed by atoms with Crippen LogP contribution < -0.4 is 0 Å². The van der Waals surface area contributed by atoms with Crippen LogP contribution in [0, 0.1) is 34.6 Å². The molecule has 3 aliphatic carbocycles. The van der Waals surface area contributed by atoms with Gasteiger partial charge in [-0.2, -0.15) is 0 Å². The Morgan fingerprint density at radius 3 is 2.00 bits per heavy atom. The van der Waals surface area contributed by atoms with Crippen LogP contribution in [0.1, 0.15) is 51.8 Å². The quantitative estimate of drug-likeness (QED) is 0.603. The molecule has 0 unspecified atom stereocenters. The van der Waals surface area contributed by atoms with Gasteiger partial charge in [0.05, 0.1) is 0 Å². The van der Waals surface area contributed by atoms with Gasteiger partial charge in [0.2, 0.25) is 0 Å². The minimum atomic E-state index is 1.28. The third kappa shape index (κ3) is 1.73. The van der Waals surface area contributed by atoms with Crippen molar-refractivity contribution in [3.63, 3.8) is 0 Å². The molecule has 0 heteroatoms. The minimum Gasteiger partial charge on any atom is -0.0506 e. The summed E-state index contributed by atoms with van der Waals surface area (Å²) < 4.78 is 0. The van der Waals surface area contributed by atoms with E-state index in [1.54, 1.807) is 16.7 Å². The van der Waals surface area contributed by atoms with E-state index in [0.29, 0.717) is 0 Å². The molecule has 0 N–H and O–H groups in total. The predicted octanol–water partition coefficient (Wildman–Crippen LogP) is 5.21. The summed E-state index contributed by atoms with van der Waals surface area (Å²) in [6.07, 6.45) is 5.29. The van der Waals surface area contributed by atoms with Crippen LogP contribution in [-0.2, 0) is 12.8 Å². The van der Waals surface area contributed by atoms with Crippen molar-refractivity contribution >= 4 is 0 Å². The first kappa shape index (κ1) is 12.7. The molecule has 0 aromatic carbocycles. The van der Waals surface area contributed by atoms with Gasteiger partial charge >= 0.3 is 0 Å². The standard InChI is InChI=1S/C19H24/c1-11-12(2)14(4)18-10-16-8-6-7-9-17(16)19(18)15(5)13(11)3/h10H,6-9H2,1-5H3. The minimum absolute atomic E-state index is 1.28. The second-order valence-electron chi connectivity index (χ2n) is 6.27. The van der Waals surface area contributed by atoms with Crippen LogP contribution in [0.15, 0.2) is 6.07 Å². The van der Waals surface area contributed by atoms with E-state index in [0.717, 1.165) is 0 Å². The highest BCUT2D eigenvalue weighted by Gasteiger charge is 2.23. The van der Waals surface area contributed by atoms with Crippen LogP contribution in [0.25, 0.3) is 11.1 Å². The molecule has 3 aliphatic rings. The Bertz CT molecular complexity index is 632. The third-order valence-corrected chi connectivity index (χ3v) is 5.43. The Labute approximate surface area is 117 Å². The normalized spacial score (nSPS) is 14.8. The average Bonchev–Trinajstić information content (AvgIpc) is 2.80. The lowest BCUT2D eigenvalue weighted by molar-refractivity contribution is 0.691. The number of hydrogen-bond donors (Lipinski definition) is 0. The summed E-state index contributed by atoms with van der Waals surface area (Å²) in [6.45, 7) is 11.5. The molecule has 0 aliphatic heterocycles. The van der Waals surface area contributed by atoms with Gasteiger partial charge in [0.15, 0.2) is 0 Å². The van der Waals surface area contributed by atoms with E-state index in [4.69, 9.17) is 0 Å². The molecule has 0 nitrogen and oxygen atoms in total. The van der Waals surface area contributed by atoms with E-state index in [1.807, 2.05) is 0 Å². The van der Waals surface area contributed by atoms with Crippen LogP contribution in [0.2, 0.25) is 0 Å². The molecule has 0 saturated carbocycles. The van der Waals surface area contributed by atoms with Gasteiger partial charge < -0.3 is 0 Å². The maximum Gasteiger partial charge on any atom is -0.0114 e. The van der Waals surface area contributed by atoms with Gasteiger partial charge in [0.1, 0.15) is 0 Å². The van der Waals surface area contributed by atoms with E-state index >= 15 is 0 Å². The zero-order chi connectivity index (χ0) is 13.7. The highest BCUT2D eigenvalue weighted by molar-refractivity contribution is 5.81. The van der Waals surface area contributed by atoms with Crippen molar-refractivity contribution in [1.82, 2.24) is 0 Å². The topological polar surface area (TPSA) is 0 Å². The number of aryl methyl sites for hydroxylation is 1. The molecule has 0 bridgehead atoms. The maximum absolute atomic E-state index is 2.48. The monoisotopic (exact) mass is 252 g/mol. The Kier molecular flexibility index (Phi) is 2.92. The molecule has 0 saturated heterocycles. The van der Waals surface area contributed by atoms with Crippen molar-refractivity contribution in [1.29, 1.82) is 0 Å². The highest BCUT2D eigenvalue weighted by Crippen LogP contribution is 2.42. The van der Waals surface area contributed by atoms with Gasteiger partial charge in [-0.3, -0.25) is 0 Å². The van der Waals surface area contributed by atoms with Gasteiger partial charge in [-0.05, 0) is 110 Å². The molecule has 0 radical (unpaired) electrons. The van der Waals surface area contributed by atoms with Gasteiger partial charge in [-0.1, -0.05) is 6.07 Å². The predicted molar refractivity (Wildman–Crippen MR) is 83.4 cm³/mol. The molecule has 0 atom stereocenters. The lowest BCUT2D eigenvalue weighted by atomic mass is 9.91. The van der Waals surface area contributed by atoms with Crippen molar-refractivity contribution in [2.45, 2.75) is 60.3 Å². The molecule has 0 spiro atoms. The number of hydrogen-bond acceptors (Lipinski definition) is 0. The SMILES string of the molecule is Cc1c2cc3c(c-2c(C)c(C)c(C)c1C)CCCC3. The molecule has 0 aromatic rings. The Morgan fingerprint density at radius 2 is 1.26 bits per heavy atom. The molecule has 100 valence electrons. The van der Waals surface area contributed by atoms with Crippen molar-refractivity contribution in [3.05, 3.63) is 45.0 Å². The molecule has 0 fully saturated rings. The summed E-state index contributed by atoms with van der Waals surface area (Å²) >= 11 is 0.